The van der Waals surface area contributed by atoms with Crippen molar-refractivity contribution in [3.05, 3.63) is 59.3 Å². The molecule has 1 aromatic carbocycles. The lowest BCUT2D eigenvalue weighted by molar-refractivity contribution is -0.143. The van der Waals surface area contributed by atoms with Crippen LogP contribution < -0.4 is 5.32 Å². The molecule has 1 aliphatic heterocycles. The quantitative estimate of drug-likeness (QED) is 0.764. The third-order valence-electron chi connectivity index (χ3n) is 3.12. The summed E-state index contributed by atoms with van der Waals surface area (Å²) in [7, 11) is 0. The minimum absolute atomic E-state index is 0.0189. The van der Waals surface area contributed by atoms with Gasteiger partial charge in [0.25, 0.3) is 0 Å². The molecule has 1 unspecified atom stereocenters. The number of carboxylic acid groups (broad SMARTS) is 2. The van der Waals surface area contributed by atoms with Gasteiger partial charge in [0.15, 0.2) is 5.54 Å². The van der Waals surface area contributed by atoms with Crippen molar-refractivity contribution in [2.75, 3.05) is 0 Å². The van der Waals surface area contributed by atoms with Crippen LogP contribution in [0.1, 0.15) is 11.1 Å². The molecule has 5 nitrogen and oxygen atoms in total. The molecule has 5 heteroatoms. The summed E-state index contributed by atoms with van der Waals surface area (Å²) >= 11 is 0. The molecule has 0 aliphatic carbocycles. The normalized spacial score (nSPS) is 21.4. The number of hydrogen-bond donors (Lipinski definition) is 3. The van der Waals surface area contributed by atoms with E-state index in [0.29, 0.717) is 5.56 Å². The maximum atomic E-state index is 11.6. The van der Waals surface area contributed by atoms with Crippen molar-refractivity contribution in [2.24, 2.45) is 0 Å². The van der Waals surface area contributed by atoms with Crippen LogP contribution in [0.5, 0.6) is 0 Å². The average molecular weight is 259 g/mol. The summed E-state index contributed by atoms with van der Waals surface area (Å²) in [4.78, 5) is 22.4. The Bertz CT molecular complexity index is 603. The Labute approximate surface area is 109 Å². The van der Waals surface area contributed by atoms with Crippen LogP contribution in [0, 0.1) is 6.92 Å². The number of aliphatic carboxylic acids is 2. The second-order valence-corrected chi connectivity index (χ2v) is 4.31. The van der Waals surface area contributed by atoms with E-state index in [-0.39, 0.29) is 5.57 Å². The van der Waals surface area contributed by atoms with Gasteiger partial charge in [-0.1, -0.05) is 24.3 Å². The van der Waals surface area contributed by atoms with Gasteiger partial charge in [-0.25, -0.2) is 9.59 Å². The van der Waals surface area contributed by atoms with Gasteiger partial charge in [-0.3, -0.25) is 0 Å². The van der Waals surface area contributed by atoms with Crippen LogP contribution in [0.2, 0.25) is 0 Å². The van der Waals surface area contributed by atoms with E-state index in [9.17, 15) is 14.7 Å². The summed E-state index contributed by atoms with van der Waals surface area (Å²) in [6.45, 7) is 1.81. The molecule has 3 N–H and O–H groups in total. The number of aryl methyl sites for hydroxylation is 1. The molecule has 0 aromatic heterocycles. The third-order valence-corrected chi connectivity index (χ3v) is 3.12. The third kappa shape index (κ3) is 2.10. The second-order valence-electron chi connectivity index (χ2n) is 4.31. The Kier molecular flexibility index (Phi) is 3.12. The number of nitrogens with one attached hydrogen (secondary N) is 1. The topological polar surface area (TPSA) is 86.6 Å². The smallest absolute Gasteiger partial charge is 0.338 e. The van der Waals surface area contributed by atoms with Gasteiger partial charge in [0.1, 0.15) is 0 Å². The van der Waals surface area contributed by atoms with E-state index in [2.05, 4.69) is 5.32 Å². The first-order valence-electron chi connectivity index (χ1n) is 5.67. The van der Waals surface area contributed by atoms with Crippen molar-refractivity contribution in [3.63, 3.8) is 0 Å². The zero-order valence-electron chi connectivity index (χ0n) is 10.3. The molecule has 0 saturated heterocycles. The Balaban J connectivity index is 2.50. The highest BCUT2D eigenvalue weighted by atomic mass is 16.4. The van der Waals surface area contributed by atoms with Crippen molar-refractivity contribution in [2.45, 2.75) is 12.5 Å². The van der Waals surface area contributed by atoms with Crippen LogP contribution in [0.15, 0.2) is 48.2 Å². The fourth-order valence-corrected chi connectivity index (χ4v) is 2.07. The molecule has 19 heavy (non-hydrogen) atoms. The van der Waals surface area contributed by atoms with Crippen LogP contribution >= 0.6 is 0 Å². The first-order valence-corrected chi connectivity index (χ1v) is 5.67. The lowest BCUT2D eigenvalue weighted by Crippen LogP contribution is -2.47. The summed E-state index contributed by atoms with van der Waals surface area (Å²) < 4.78 is 0. The van der Waals surface area contributed by atoms with Crippen LogP contribution in [0.3, 0.4) is 0 Å². The maximum Gasteiger partial charge on any atom is 0.338 e. The summed E-state index contributed by atoms with van der Waals surface area (Å²) in [5, 5.41) is 21.1. The van der Waals surface area contributed by atoms with Crippen molar-refractivity contribution < 1.29 is 19.8 Å². The lowest BCUT2D eigenvalue weighted by Gasteiger charge is -2.31. The second kappa shape index (κ2) is 4.61. The number of hydrogen-bond acceptors (Lipinski definition) is 3. The van der Waals surface area contributed by atoms with E-state index in [0.717, 1.165) is 5.56 Å². The predicted octanol–water partition coefficient (Wildman–Crippen LogP) is 1.40. The summed E-state index contributed by atoms with van der Waals surface area (Å²) in [5.74, 6) is -2.19. The molecule has 0 amide bonds. The molecule has 98 valence electrons. The molecule has 1 atom stereocenters. The van der Waals surface area contributed by atoms with E-state index >= 15 is 0 Å². The molecule has 0 spiro atoms. The van der Waals surface area contributed by atoms with Gasteiger partial charge in [-0.2, -0.15) is 0 Å². The summed E-state index contributed by atoms with van der Waals surface area (Å²) in [5.41, 5.74) is -0.0104. The fourth-order valence-electron chi connectivity index (χ4n) is 2.07. The van der Waals surface area contributed by atoms with Gasteiger partial charge in [0, 0.05) is 6.20 Å². The standard InChI is InChI=1S/C14H13NO4/c1-9-4-2-3-5-11(9)14(13(18)19)7-6-10(8-15-14)12(16)17/h2-8,15H,1H3,(H,16,17)(H,18,19). The first kappa shape index (κ1) is 12.9. The molecule has 0 fully saturated rings. The van der Waals surface area contributed by atoms with E-state index in [1.165, 1.54) is 18.4 Å². The fraction of sp³-hybridized carbons (Fsp3) is 0.143. The zero-order valence-corrected chi connectivity index (χ0v) is 10.3. The molecule has 1 heterocycles. The monoisotopic (exact) mass is 259 g/mol. The Morgan fingerprint density at radius 2 is 1.89 bits per heavy atom. The molecule has 0 saturated carbocycles. The van der Waals surface area contributed by atoms with E-state index in [1.807, 2.05) is 19.1 Å². The molecule has 2 rings (SSSR count). The molecule has 1 aromatic rings. The summed E-state index contributed by atoms with van der Waals surface area (Å²) in [6, 6.07) is 7.09. The van der Waals surface area contributed by atoms with Crippen LogP contribution in [-0.2, 0) is 15.1 Å². The van der Waals surface area contributed by atoms with Crippen molar-refractivity contribution >= 4 is 11.9 Å². The Morgan fingerprint density at radius 3 is 2.37 bits per heavy atom. The van der Waals surface area contributed by atoms with Crippen molar-refractivity contribution in [3.8, 4) is 0 Å². The van der Waals surface area contributed by atoms with Crippen LogP contribution in [0.4, 0.5) is 0 Å². The number of carboxylic acids is 2. The molecule has 1 aliphatic rings. The van der Waals surface area contributed by atoms with Crippen molar-refractivity contribution in [1.29, 1.82) is 0 Å². The zero-order chi connectivity index (χ0) is 14.0. The minimum Gasteiger partial charge on any atom is -0.479 e. The Hall–Kier alpha value is -2.56. The number of dihydropyridines is 1. The van der Waals surface area contributed by atoms with Crippen molar-refractivity contribution in [1.82, 2.24) is 5.32 Å². The van der Waals surface area contributed by atoms with Crippen LogP contribution in [-0.4, -0.2) is 22.2 Å². The lowest BCUT2D eigenvalue weighted by atomic mass is 9.84. The number of benzene rings is 1. The van der Waals surface area contributed by atoms with Crippen LogP contribution in [0.25, 0.3) is 0 Å². The van der Waals surface area contributed by atoms with E-state index < -0.39 is 17.5 Å². The SMILES string of the molecule is Cc1ccccc1C1(C(=O)O)C=CC(C(=O)O)=CN1. The molecular formula is C14H13NO4. The Morgan fingerprint density at radius 1 is 1.21 bits per heavy atom. The average Bonchev–Trinajstić information content (AvgIpc) is 2.39. The highest BCUT2D eigenvalue weighted by Gasteiger charge is 2.40. The predicted molar refractivity (Wildman–Crippen MR) is 68.5 cm³/mol. The highest BCUT2D eigenvalue weighted by molar-refractivity contribution is 5.92. The largest absolute Gasteiger partial charge is 0.479 e. The molecule has 0 radical (unpaired) electrons. The minimum atomic E-state index is -1.43. The van der Waals surface area contributed by atoms with Gasteiger partial charge in [0.05, 0.1) is 5.57 Å². The van der Waals surface area contributed by atoms with Gasteiger partial charge < -0.3 is 15.5 Å². The first-order chi connectivity index (χ1) is 8.97. The summed E-state index contributed by atoms with van der Waals surface area (Å²) in [6.07, 6.45) is 3.88. The maximum absolute atomic E-state index is 11.6. The van der Waals surface area contributed by atoms with Gasteiger partial charge in [0.2, 0.25) is 0 Å². The van der Waals surface area contributed by atoms with Gasteiger partial charge in [-0.15, -0.1) is 0 Å². The van der Waals surface area contributed by atoms with E-state index in [4.69, 9.17) is 5.11 Å². The molecular weight excluding hydrogens is 246 g/mol. The van der Waals surface area contributed by atoms with Gasteiger partial charge in [-0.05, 0) is 30.2 Å². The molecule has 0 bridgehead atoms. The number of carbonyl (C=O) groups is 2. The highest BCUT2D eigenvalue weighted by Crippen LogP contribution is 2.29. The van der Waals surface area contributed by atoms with E-state index in [1.54, 1.807) is 12.1 Å². The van der Waals surface area contributed by atoms with Gasteiger partial charge >= 0.3 is 11.9 Å². The number of rotatable bonds is 3.